The van der Waals surface area contributed by atoms with Gasteiger partial charge in [-0.25, -0.2) is 0 Å². The highest BCUT2D eigenvalue weighted by Crippen LogP contribution is 2.27. The van der Waals surface area contributed by atoms with Gasteiger partial charge in [-0.15, -0.1) is 0 Å². The molecular formula is C22H23N3O2. The Morgan fingerprint density at radius 1 is 1.00 bits per heavy atom. The second-order valence-corrected chi connectivity index (χ2v) is 6.39. The van der Waals surface area contributed by atoms with Crippen molar-refractivity contribution in [1.82, 2.24) is 4.98 Å². The molecule has 138 valence electrons. The molecule has 27 heavy (non-hydrogen) atoms. The average molecular weight is 361 g/mol. The molecular weight excluding hydrogens is 338 g/mol. The lowest BCUT2D eigenvalue weighted by Crippen LogP contribution is -2.23. The molecule has 0 spiro atoms. The lowest BCUT2D eigenvalue weighted by atomic mass is 9.94. The Balaban J connectivity index is 1.88. The van der Waals surface area contributed by atoms with Gasteiger partial charge in [0, 0.05) is 31.7 Å². The first kappa shape index (κ1) is 18.5. The number of ether oxygens (including phenoxy) is 1. The molecule has 1 amide bonds. The van der Waals surface area contributed by atoms with E-state index in [4.69, 9.17) is 4.74 Å². The van der Waals surface area contributed by atoms with Crippen molar-refractivity contribution in [1.29, 1.82) is 0 Å². The third-order valence-electron chi connectivity index (χ3n) is 4.35. The zero-order chi connectivity index (χ0) is 19.2. The van der Waals surface area contributed by atoms with Crippen LogP contribution in [-0.4, -0.2) is 32.1 Å². The first-order valence-electron chi connectivity index (χ1n) is 8.71. The molecule has 0 fully saturated rings. The van der Waals surface area contributed by atoms with E-state index in [1.807, 2.05) is 85.7 Å². The molecule has 1 N–H and O–H groups in total. The monoisotopic (exact) mass is 361 g/mol. The fourth-order valence-electron chi connectivity index (χ4n) is 2.86. The van der Waals surface area contributed by atoms with Crippen molar-refractivity contribution in [3.05, 3.63) is 84.2 Å². The van der Waals surface area contributed by atoms with E-state index in [0.29, 0.717) is 5.69 Å². The van der Waals surface area contributed by atoms with Crippen LogP contribution >= 0.6 is 0 Å². The van der Waals surface area contributed by atoms with Gasteiger partial charge in [0.25, 0.3) is 0 Å². The van der Waals surface area contributed by atoms with E-state index >= 15 is 0 Å². The first-order valence-corrected chi connectivity index (χ1v) is 8.71. The SMILES string of the molecule is COc1ccc(C(C(=O)Nc2ccc(N(C)C)cc2)c2ccccn2)cc1. The normalized spacial score (nSPS) is 11.5. The lowest BCUT2D eigenvalue weighted by molar-refractivity contribution is -0.116. The van der Waals surface area contributed by atoms with Gasteiger partial charge in [-0.2, -0.15) is 0 Å². The smallest absolute Gasteiger partial charge is 0.237 e. The van der Waals surface area contributed by atoms with Crippen LogP contribution in [0.4, 0.5) is 11.4 Å². The van der Waals surface area contributed by atoms with E-state index in [-0.39, 0.29) is 5.91 Å². The number of nitrogens with one attached hydrogen (secondary N) is 1. The number of nitrogens with zero attached hydrogens (tertiary/aromatic N) is 2. The van der Waals surface area contributed by atoms with Crippen LogP contribution in [0.2, 0.25) is 0 Å². The maximum atomic E-state index is 13.1. The van der Waals surface area contributed by atoms with E-state index in [1.165, 1.54) is 0 Å². The second-order valence-electron chi connectivity index (χ2n) is 6.39. The Morgan fingerprint density at radius 2 is 1.70 bits per heavy atom. The fourth-order valence-corrected chi connectivity index (χ4v) is 2.86. The van der Waals surface area contributed by atoms with Crippen molar-refractivity contribution in [2.24, 2.45) is 0 Å². The fraction of sp³-hybridized carbons (Fsp3) is 0.182. The zero-order valence-corrected chi connectivity index (χ0v) is 15.7. The van der Waals surface area contributed by atoms with Gasteiger partial charge < -0.3 is 15.0 Å². The number of pyridine rings is 1. The summed E-state index contributed by atoms with van der Waals surface area (Å²) in [4.78, 5) is 19.5. The lowest BCUT2D eigenvalue weighted by Gasteiger charge is -2.18. The van der Waals surface area contributed by atoms with Crippen molar-refractivity contribution >= 4 is 17.3 Å². The Bertz CT molecular complexity index is 876. The Kier molecular flexibility index (Phi) is 5.71. The van der Waals surface area contributed by atoms with Gasteiger partial charge in [0.15, 0.2) is 0 Å². The van der Waals surface area contributed by atoms with Gasteiger partial charge in [0.1, 0.15) is 11.7 Å². The summed E-state index contributed by atoms with van der Waals surface area (Å²) in [5.41, 5.74) is 3.38. The van der Waals surface area contributed by atoms with E-state index in [1.54, 1.807) is 13.3 Å². The molecule has 0 radical (unpaired) electrons. The third-order valence-corrected chi connectivity index (χ3v) is 4.35. The van der Waals surface area contributed by atoms with Crippen LogP contribution in [0, 0.1) is 0 Å². The largest absolute Gasteiger partial charge is 0.497 e. The van der Waals surface area contributed by atoms with Gasteiger partial charge in [-0.05, 0) is 54.1 Å². The minimum Gasteiger partial charge on any atom is -0.497 e. The summed E-state index contributed by atoms with van der Waals surface area (Å²) >= 11 is 0. The van der Waals surface area contributed by atoms with Crippen molar-refractivity contribution in [2.75, 3.05) is 31.4 Å². The molecule has 1 atom stereocenters. The highest BCUT2D eigenvalue weighted by molar-refractivity contribution is 5.98. The Hall–Kier alpha value is -3.34. The highest BCUT2D eigenvalue weighted by atomic mass is 16.5. The molecule has 0 aliphatic rings. The van der Waals surface area contributed by atoms with E-state index in [0.717, 1.165) is 22.7 Å². The van der Waals surface area contributed by atoms with E-state index in [2.05, 4.69) is 10.3 Å². The molecule has 3 aromatic rings. The number of hydrogen-bond acceptors (Lipinski definition) is 4. The minimum absolute atomic E-state index is 0.128. The maximum absolute atomic E-state index is 13.1. The van der Waals surface area contributed by atoms with Crippen molar-refractivity contribution in [3.8, 4) is 5.75 Å². The van der Waals surface area contributed by atoms with Crippen LogP contribution in [0.15, 0.2) is 72.9 Å². The molecule has 0 aliphatic heterocycles. The van der Waals surface area contributed by atoms with Crippen LogP contribution in [0.3, 0.4) is 0 Å². The highest BCUT2D eigenvalue weighted by Gasteiger charge is 2.24. The van der Waals surface area contributed by atoms with Crippen molar-refractivity contribution < 1.29 is 9.53 Å². The number of aromatic nitrogens is 1. The number of rotatable bonds is 6. The molecule has 0 aliphatic carbocycles. The summed E-state index contributed by atoms with van der Waals surface area (Å²) in [7, 11) is 5.58. The molecule has 5 nitrogen and oxygen atoms in total. The number of benzene rings is 2. The van der Waals surface area contributed by atoms with Gasteiger partial charge in [0.2, 0.25) is 5.91 Å². The van der Waals surface area contributed by atoms with Crippen LogP contribution in [-0.2, 0) is 4.79 Å². The van der Waals surface area contributed by atoms with Crippen molar-refractivity contribution in [3.63, 3.8) is 0 Å². The van der Waals surface area contributed by atoms with Gasteiger partial charge >= 0.3 is 0 Å². The maximum Gasteiger partial charge on any atom is 0.237 e. The minimum atomic E-state index is -0.509. The van der Waals surface area contributed by atoms with Crippen LogP contribution < -0.4 is 15.0 Å². The van der Waals surface area contributed by atoms with Crippen LogP contribution in [0.1, 0.15) is 17.2 Å². The zero-order valence-electron chi connectivity index (χ0n) is 15.7. The van der Waals surface area contributed by atoms with Crippen molar-refractivity contribution in [2.45, 2.75) is 5.92 Å². The third kappa shape index (κ3) is 4.44. The van der Waals surface area contributed by atoms with Gasteiger partial charge in [0.05, 0.1) is 12.8 Å². The number of amides is 1. The Labute approximate surface area is 159 Å². The summed E-state index contributed by atoms with van der Waals surface area (Å²) in [6.45, 7) is 0. The predicted octanol–water partition coefficient (Wildman–Crippen LogP) is 3.93. The Morgan fingerprint density at radius 3 is 2.26 bits per heavy atom. The molecule has 3 rings (SSSR count). The second kappa shape index (κ2) is 8.36. The molecule has 1 unspecified atom stereocenters. The number of carbonyl (C=O) groups excluding carboxylic acids is 1. The number of hydrogen-bond donors (Lipinski definition) is 1. The summed E-state index contributed by atoms with van der Waals surface area (Å²) in [5.74, 6) is 0.111. The summed E-state index contributed by atoms with van der Waals surface area (Å²) in [6, 6.07) is 20.8. The number of methoxy groups -OCH3 is 1. The van der Waals surface area contributed by atoms with E-state index < -0.39 is 5.92 Å². The quantitative estimate of drug-likeness (QED) is 0.723. The molecule has 0 saturated heterocycles. The summed E-state index contributed by atoms with van der Waals surface area (Å²) in [6.07, 6.45) is 1.70. The number of anilines is 2. The number of carbonyl (C=O) groups is 1. The molecule has 1 aromatic heterocycles. The molecule has 2 aromatic carbocycles. The topological polar surface area (TPSA) is 54.5 Å². The summed E-state index contributed by atoms with van der Waals surface area (Å²) in [5, 5.41) is 3.01. The van der Waals surface area contributed by atoms with Crippen LogP contribution in [0.25, 0.3) is 0 Å². The van der Waals surface area contributed by atoms with Gasteiger partial charge in [-0.1, -0.05) is 18.2 Å². The van der Waals surface area contributed by atoms with E-state index in [9.17, 15) is 4.79 Å². The molecule has 1 heterocycles. The standard InChI is InChI=1S/C22H23N3O2/c1-25(2)18-11-9-17(10-12-18)24-22(26)21(20-6-4-5-15-23-20)16-7-13-19(27-3)14-8-16/h4-15,21H,1-3H3,(H,24,26). The average Bonchev–Trinajstić information content (AvgIpc) is 2.70. The molecule has 0 bridgehead atoms. The van der Waals surface area contributed by atoms with Crippen LogP contribution in [0.5, 0.6) is 5.75 Å². The van der Waals surface area contributed by atoms with Gasteiger partial charge in [-0.3, -0.25) is 9.78 Å². The molecule has 0 saturated carbocycles. The molecule has 5 heteroatoms. The predicted molar refractivity (Wildman–Crippen MR) is 108 cm³/mol. The first-order chi connectivity index (χ1) is 13.1. The summed E-state index contributed by atoms with van der Waals surface area (Å²) < 4.78 is 5.22.